The van der Waals surface area contributed by atoms with E-state index < -0.39 is 0 Å². The van der Waals surface area contributed by atoms with Gasteiger partial charge >= 0.3 is 0 Å². The van der Waals surface area contributed by atoms with Crippen LogP contribution < -0.4 is 10.6 Å². The Kier molecular flexibility index (Phi) is 6.75. The fraction of sp³-hybridized carbons (Fsp3) is 0.375. The molecule has 1 aliphatic carbocycles. The van der Waals surface area contributed by atoms with Crippen LogP contribution in [0, 0.1) is 3.57 Å². The minimum absolute atomic E-state index is 0.470. The number of pyridine rings is 1. The number of hydrogen-bond acceptors (Lipinski definition) is 6. The zero-order chi connectivity index (χ0) is 21.9. The molecule has 0 radical (unpaired) electrons. The maximum atomic E-state index is 6.34. The lowest BCUT2D eigenvalue weighted by atomic mass is 10.0. The standard InChI is InChI=1S/C24H26ClIN6/c25-20-14-28-24(31-23(20)30-22-9-10-27-15-21(22)26)29-18-6-3-16-4-7-19(8-5-17(16)13-18)32-11-1-2-12-32/h3,6,9-10,13-15,19H,1-2,4-5,7-8,11-12H2,(H2,27,28,29,30,31)/t19-/m0/s1. The average Bonchev–Trinajstić information content (AvgIpc) is 3.25. The molecular weight excluding hydrogens is 535 g/mol. The van der Waals surface area contributed by atoms with Crippen molar-refractivity contribution in [3.05, 3.63) is 62.6 Å². The quantitative estimate of drug-likeness (QED) is 0.297. The Labute approximate surface area is 207 Å². The predicted molar refractivity (Wildman–Crippen MR) is 138 cm³/mol. The number of nitrogens with zero attached hydrogens (tertiary/aromatic N) is 4. The Morgan fingerprint density at radius 3 is 2.62 bits per heavy atom. The Bertz CT molecular complexity index is 1100. The van der Waals surface area contributed by atoms with E-state index in [1.54, 1.807) is 18.6 Å². The second kappa shape index (κ2) is 9.89. The van der Waals surface area contributed by atoms with Crippen molar-refractivity contribution in [2.24, 2.45) is 0 Å². The van der Waals surface area contributed by atoms with E-state index in [0.29, 0.717) is 16.8 Å². The molecule has 2 aliphatic rings. The summed E-state index contributed by atoms with van der Waals surface area (Å²) in [5.74, 6) is 1.08. The first-order valence-corrected chi connectivity index (χ1v) is 12.6. The number of halogens is 2. The highest BCUT2D eigenvalue weighted by atomic mass is 127. The summed E-state index contributed by atoms with van der Waals surface area (Å²) in [4.78, 5) is 15.8. The van der Waals surface area contributed by atoms with Crippen LogP contribution >= 0.6 is 34.2 Å². The molecule has 5 rings (SSSR count). The average molecular weight is 561 g/mol. The van der Waals surface area contributed by atoms with Gasteiger partial charge < -0.3 is 15.5 Å². The molecule has 1 atom stereocenters. The summed E-state index contributed by atoms with van der Waals surface area (Å²) in [6.45, 7) is 2.55. The molecule has 2 aromatic heterocycles. The van der Waals surface area contributed by atoms with Crippen LogP contribution in [0.5, 0.6) is 0 Å². The summed E-state index contributed by atoms with van der Waals surface area (Å²) in [6.07, 6.45) is 12.7. The third kappa shape index (κ3) is 5.00. The number of rotatable bonds is 5. The molecule has 1 aromatic carbocycles. The number of hydrogen-bond donors (Lipinski definition) is 2. The van der Waals surface area contributed by atoms with Crippen molar-refractivity contribution in [2.45, 2.75) is 44.6 Å². The Hall–Kier alpha value is -1.97. The van der Waals surface area contributed by atoms with Crippen molar-refractivity contribution < 1.29 is 0 Å². The van der Waals surface area contributed by atoms with Crippen LogP contribution in [0.3, 0.4) is 0 Å². The molecule has 1 aliphatic heterocycles. The van der Waals surface area contributed by atoms with Crippen LogP contribution in [0.25, 0.3) is 0 Å². The third-order valence-electron chi connectivity index (χ3n) is 6.38. The zero-order valence-electron chi connectivity index (χ0n) is 17.8. The number of benzene rings is 1. The second-order valence-corrected chi connectivity index (χ2v) is 10.0. The van der Waals surface area contributed by atoms with E-state index in [1.807, 2.05) is 6.07 Å². The first-order chi connectivity index (χ1) is 15.7. The van der Waals surface area contributed by atoms with Crippen molar-refractivity contribution in [3.63, 3.8) is 0 Å². The molecule has 0 bridgehead atoms. The molecule has 2 N–H and O–H groups in total. The van der Waals surface area contributed by atoms with E-state index in [0.717, 1.165) is 33.8 Å². The van der Waals surface area contributed by atoms with E-state index in [-0.39, 0.29) is 0 Å². The van der Waals surface area contributed by atoms with Gasteiger partial charge in [-0.25, -0.2) is 4.98 Å². The molecule has 32 heavy (non-hydrogen) atoms. The van der Waals surface area contributed by atoms with Crippen molar-refractivity contribution in [1.82, 2.24) is 19.9 Å². The number of aryl methyl sites for hydroxylation is 2. The van der Waals surface area contributed by atoms with Gasteiger partial charge in [-0.15, -0.1) is 0 Å². The zero-order valence-corrected chi connectivity index (χ0v) is 20.7. The van der Waals surface area contributed by atoms with E-state index in [9.17, 15) is 0 Å². The molecule has 6 nitrogen and oxygen atoms in total. The van der Waals surface area contributed by atoms with Gasteiger partial charge in [0.1, 0.15) is 5.02 Å². The summed E-state index contributed by atoms with van der Waals surface area (Å²) in [5.41, 5.74) is 4.83. The van der Waals surface area contributed by atoms with Crippen LogP contribution in [-0.2, 0) is 12.8 Å². The van der Waals surface area contributed by atoms with Crippen LogP contribution in [0.1, 0.15) is 36.8 Å². The fourth-order valence-electron chi connectivity index (χ4n) is 4.69. The smallest absolute Gasteiger partial charge is 0.229 e. The molecule has 0 saturated carbocycles. The Morgan fingerprint density at radius 1 is 1.00 bits per heavy atom. The SMILES string of the molecule is Clc1cnc(Nc2ccc3c(c2)CC[C@@H](N2CCCC2)CC3)nc1Nc1ccncc1I. The van der Waals surface area contributed by atoms with Gasteiger partial charge in [-0.2, -0.15) is 4.98 Å². The van der Waals surface area contributed by atoms with Gasteiger partial charge in [0, 0.05) is 24.1 Å². The maximum Gasteiger partial charge on any atom is 0.229 e. The first-order valence-electron chi connectivity index (χ1n) is 11.2. The monoisotopic (exact) mass is 560 g/mol. The third-order valence-corrected chi connectivity index (χ3v) is 7.52. The van der Waals surface area contributed by atoms with Gasteiger partial charge in [-0.1, -0.05) is 17.7 Å². The van der Waals surface area contributed by atoms with Crippen LogP contribution in [0.2, 0.25) is 5.02 Å². The maximum absolute atomic E-state index is 6.34. The molecule has 1 fully saturated rings. The summed E-state index contributed by atoms with van der Waals surface area (Å²) in [6, 6.07) is 9.28. The number of nitrogens with one attached hydrogen (secondary N) is 2. The van der Waals surface area contributed by atoms with Crippen molar-refractivity contribution >= 4 is 57.3 Å². The fourth-order valence-corrected chi connectivity index (χ4v) is 5.30. The molecule has 0 spiro atoms. The Balaban J connectivity index is 1.30. The molecule has 0 amide bonds. The number of aromatic nitrogens is 3. The number of likely N-dealkylation sites (tertiary alicyclic amines) is 1. The normalized spacial score (nSPS) is 18.8. The highest BCUT2D eigenvalue weighted by molar-refractivity contribution is 14.1. The van der Waals surface area contributed by atoms with Crippen molar-refractivity contribution in [3.8, 4) is 0 Å². The van der Waals surface area contributed by atoms with Gasteiger partial charge in [0.05, 0.1) is 15.5 Å². The van der Waals surface area contributed by atoms with Gasteiger partial charge in [0.25, 0.3) is 0 Å². The number of fused-ring (bicyclic) bond motifs is 1. The van der Waals surface area contributed by atoms with E-state index in [4.69, 9.17) is 11.6 Å². The first kappa shape index (κ1) is 21.9. The molecule has 1 saturated heterocycles. The summed E-state index contributed by atoms with van der Waals surface area (Å²) in [7, 11) is 0. The van der Waals surface area contributed by atoms with E-state index in [2.05, 4.69) is 71.3 Å². The van der Waals surface area contributed by atoms with Gasteiger partial charge in [0.2, 0.25) is 5.95 Å². The summed E-state index contributed by atoms with van der Waals surface area (Å²) in [5, 5.41) is 7.11. The highest BCUT2D eigenvalue weighted by Crippen LogP contribution is 2.30. The summed E-state index contributed by atoms with van der Waals surface area (Å²) < 4.78 is 0.993. The van der Waals surface area contributed by atoms with Gasteiger partial charge in [0.15, 0.2) is 5.82 Å². The minimum Gasteiger partial charge on any atom is -0.338 e. The summed E-state index contributed by atoms with van der Waals surface area (Å²) >= 11 is 8.58. The van der Waals surface area contributed by atoms with Gasteiger partial charge in [-0.05, 0) is 104 Å². The van der Waals surface area contributed by atoms with Gasteiger partial charge in [-0.3, -0.25) is 4.98 Å². The Morgan fingerprint density at radius 2 is 1.81 bits per heavy atom. The largest absolute Gasteiger partial charge is 0.338 e. The van der Waals surface area contributed by atoms with Crippen molar-refractivity contribution in [1.29, 1.82) is 0 Å². The predicted octanol–water partition coefficient (Wildman–Crippen LogP) is 5.96. The lowest BCUT2D eigenvalue weighted by Gasteiger charge is -2.25. The lowest BCUT2D eigenvalue weighted by molar-refractivity contribution is 0.222. The molecule has 3 heterocycles. The van der Waals surface area contributed by atoms with Crippen LogP contribution in [0.4, 0.5) is 23.1 Å². The molecule has 3 aromatic rings. The minimum atomic E-state index is 0.470. The molecule has 0 unspecified atom stereocenters. The highest BCUT2D eigenvalue weighted by Gasteiger charge is 2.24. The second-order valence-electron chi connectivity index (χ2n) is 8.45. The van der Waals surface area contributed by atoms with E-state index >= 15 is 0 Å². The van der Waals surface area contributed by atoms with Crippen molar-refractivity contribution in [2.75, 3.05) is 23.7 Å². The van der Waals surface area contributed by atoms with E-state index in [1.165, 1.54) is 49.9 Å². The molecule has 166 valence electrons. The molecular formula is C24H26ClIN6. The lowest BCUT2D eigenvalue weighted by Crippen LogP contribution is -2.32. The topological polar surface area (TPSA) is 66.0 Å². The number of anilines is 4. The van der Waals surface area contributed by atoms with Crippen LogP contribution in [0.15, 0.2) is 42.9 Å². The van der Waals surface area contributed by atoms with Crippen LogP contribution in [-0.4, -0.2) is 39.0 Å². The molecule has 8 heteroatoms.